The van der Waals surface area contributed by atoms with Gasteiger partial charge in [-0.05, 0) is 151 Å². The monoisotopic (exact) mass is 1180 g/mol. The first-order chi connectivity index (χ1) is 39.3. The second kappa shape index (κ2) is 30.9. The predicted molar refractivity (Wildman–Crippen MR) is 342 cm³/mol. The highest BCUT2D eigenvalue weighted by Gasteiger charge is 2.46. The molecule has 3 aliphatic rings. The summed E-state index contributed by atoms with van der Waals surface area (Å²) in [6.45, 7) is 17.4. The fourth-order valence-electron chi connectivity index (χ4n) is 10.5. The highest BCUT2D eigenvalue weighted by atomic mass is 16.6. The molecule has 14 nitrogen and oxygen atoms in total. The Morgan fingerprint density at radius 2 is 0.616 bits per heavy atom. The molecule has 6 aromatic rings. The van der Waals surface area contributed by atoms with E-state index in [2.05, 4.69) is 60.7 Å². The number of carbonyl (C=O) groups is 6. The van der Waals surface area contributed by atoms with Gasteiger partial charge in [0, 0.05) is 24.0 Å². The third-order valence-electron chi connectivity index (χ3n) is 14.5. The summed E-state index contributed by atoms with van der Waals surface area (Å²) >= 11 is 0. The van der Waals surface area contributed by atoms with Crippen LogP contribution in [0.5, 0.6) is 0 Å². The Kier molecular flexibility index (Phi) is 25.4. The molecule has 2 N–H and O–H groups in total. The second-order valence-electron chi connectivity index (χ2n) is 24.7. The number of benzene rings is 6. The van der Waals surface area contributed by atoms with Gasteiger partial charge in [-0.1, -0.05) is 193 Å². The van der Waals surface area contributed by atoms with Crippen molar-refractivity contribution in [3.05, 3.63) is 180 Å². The molecular weight excluding hydrogens is 1080 g/mol. The van der Waals surface area contributed by atoms with Gasteiger partial charge in [-0.2, -0.15) is 0 Å². The molecule has 0 bridgehead atoms. The molecule has 14 heteroatoms. The standard InChI is InChI=1S/2C23H27NO4.C23H27NO3.3CH4/c2*1-23(2,3)28-22(27)24-20(14-19(15-25)21(24)26)13-16-9-11-18(12-10-16)17-7-5-4-6-8-17;1-16-14-20(24(21(16)25)22(26)27-23(2,3)4)15-17-10-12-19(13-11-17)18-8-6-5-7-9-18;;;/h2*4-12,19-20,25H,13-15H2,1-3H3;5-13,16,20H,14-15H2,1-4H3;3*1H4/t2*19?,20-;16?,20-;;;/m110.../s1. The number of amides is 6. The maximum absolute atomic E-state index is 12.6. The van der Waals surface area contributed by atoms with E-state index in [0.29, 0.717) is 38.5 Å². The minimum absolute atomic E-state index is 0. The lowest BCUT2D eigenvalue weighted by molar-refractivity contribution is -0.133. The third kappa shape index (κ3) is 19.3. The van der Waals surface area contributed by atoms with Crippen molar-refractivity contribution in [2.75, 3.05) is 13.2 Å². The first-order valence-corrected chi connectivity index (χ1v) is 28.6. The van der Waals surface area contributed by atoms with Crippen molar-refractivity contribution < 1.29 is 53.2 Å². The lowest BCUT2D eigenvalue weighted by Crippen LogP contribution is -2.43. The van der Waals surface area contributed by atoms with Crippen LogP contribution < -0.4 is 0 Å². The highest BCUT2D eigenvalue weighted by Crippen LogP contribution is 2.33. The molecule has 6 amide bonds. The SMILES string of the molecule is C.C.C.CC(C)(C)OC(=O)N1C(=O)C(CO)C[C@H]1Cc1ccc(-c2ccccc2)cc1.CC(C)(C)OC(=O)N1C(=O)C(CO)C[C@H]1Cc1ccc(-c2ccccc2)cc1.CC1C[C@@H](Cc2ccc(-c3ccccc3)cc2)N(C(=O)OC(C)(C)C)C1=O. The first-order valence-electron chi connectivity index (χ1n) is 28.6. The smallest absolute Gasteiger partial charge is 0.417 e. The number of carbonyl (C=O) groups excluding carboxylic acids is 6. The van der Waals surface area contributed by atoms with Gasteiger partial charge >= 0.3 is 18.3 Å². The Bertz CT molecular complexity index is 2990. The minimum Gasteiger partial charge on any atom is -0.443 e. The molecule has 0 spiro atoms. The molecule has 0 saturated carbocycles. The van der Waals surface area contributed by atoms with Gasteiger partial charge < -0.3 is 24.4 Å². The summed E-state index contributed by atoms with van der Waals surface area (Å²) in [5.41, 5.74) is 8.01. The van der Waals surface area contributed by atoms with Crippen LogP contribution in [0.4, 0.5) is 14.4 Å². The van der Waals surface area contributed by atoms with Crippen LogP contribution in [0.1, 0.15) is 127 Å². The average molecular weight is 1180 g/mol. The van der Waals surface area contributed by atoms with Gasteiger partial charge in [0.15, 0.2) is 0 Å². The quantitative estimate of drug-likeness (QED) is 0.118. The van der Waals surface area contributed by atoms with E-state index in [1.54, 1.807) is 41.5 Å². The zero-order valence-corrected chi connectivity index (χ0v) is 49.6. The summed E-state index contributed by atoms with van der Waals surface area (Å²) < 4.78 is 16.3. The lowest BCUT2D eigenvalue weighted by Gasteiger charge is -2.27. The van der Waals surface area contributed by atoms with Crippen LogP contribution >= 0.6 is 0 Å². The number of rotatable bonds is 11. The van der Waals surface area contributed by atoms with E-state index in [9.17, 15) is 39.0 Å². The number of hydrogen-bond donors (Lipinski definition) is 2. The predicted octanol–water partition coefficient (Wildman–Crippen LogP) is 15.1. The van der Waals surface area contributed by atoms with E-state index in [0.717, 1.165) is 44.5 Å². The van der Waals surface area contributed by atoms with Crippen LogP contribution in [0.2, 0.25) is 0 Å². The van der Waals surface area contributed by atoms with Gasteiger partial charge in [-0.15, -0.1) is 0 Å². The molecule has 6 aromatic carbocycles. The van der Waals surface area contributed by atoms with Crippen molar-refractivity contribution in [3.8, 4) is 33.4 Å². The number of hydrogen-bond acceptors (Lipinski definition) is 11. The van der Waals surface area contributed by atoms with Crippen LogP contribution in [0, 0.1) is 17.8 Å². The second-order valence-corrected chi connectivity index (χ2v) is 24.7. The summed E-state index contributed by atoms with van der Waals surface area (Å²) in [6, 6.07) is 54.2. The summed E-state index contributed by atoms with van der Waals surface area (Å²) in [4.78, 5) is 79.0. The van der Waals surface area contributed by atoms with Crippen molar-refractivity contribution in [3.63, 3.8) is 0 Å². The number of nitrogens with zero attached hydrogens (tertiary/aromatic N) is 3. The molecule has 3 unspecified atom stereocenters. The van der Waals surface area contributed by atoms with E-state index in [4.69, 9.17) is 14.2 Å². The first kappa shape index (κ1) is 70.5. The average Bonchev–Trinajstić information content (AvgIpc) is 2.19. The molecular formula is C72H93N3O11. The fourth-order valence-corrected chi connectivity index (χ4v) is 10.5. The highest BCUT2D eigenvalue weighted by molar-refractivity contribution is 5.97. The molecule has 0 aromatic heterocycles. The topological polar surface area (TPSA) is 180 Å². The van der Waals surface area contributed by atoms with E-state index >= 15 is 0 Å². The molecule has 3 aliphatic heterocycles. The lowest BCUT2D eigenvalue weighted by atomic mass is 9.98. The van der Waals surface area contributed by atoms with Gasteiger partial charge in [0.25, 0.3) is 0 Å². The Labute approximate surface area is 511 Å². The number of aliphatic hydroxyl groups excluding tert-OH is 2. The summed E-state index contributed by atoms with van der Waals surface area (Å²) in [7, 11) is 0. The maximum Gasteiger partial charge on any atom is 0.417 e. The molecule has 3 saturated heterocycles. The molecule has 6 atom stereocenters. The summed E-state index contributed by atoms with van der Waals surface area (Å²) in [5.74, 6) is -2.13. The Morgan fingerprint density at radius 3 is 0.860 bits per heavy atom. The van der Waals surface area contributed by atoms with Crippen LogP contribution in [0.3, 0.4) is 0 Å². The number of ether oxygens (including phenoxy) is 3. The number of imide groups is 3. The van der Waals surface area contributed by atoms with Gasteiger partial charge in [-0.25, -0.2) is 29.1 Å². The summed E-state index contributed by atoms with van der Waals surface area (Å²) in [6.07, 6.45) is 1.45. The summed E-state index contributed by atoms with van der Waals surface area (Å²) in [5, 5.41) is 19.0. The Morgan fingerprint density at radius 1 is 0.384 bits per heavy atom. The molecule has 0 radical (unpaired) electrons. The normalized spacial score (nSPS) is 19.1. The Balaban J connectivity index is 0.000000272. The van der Waals surface area contributed by atoms with Crippen LogP contribution in [0.25, 0.3) is 33.4 Å². The van der Waals surface area contributed by atoms with Crippen molar-refractivity contribution in [1.29, 1.82) is 0 Å². The number of aliphatic hydroxyl groups is 2. The molecule has 9 rings (SSSR count). The maximum atomic E-state index is 12.6. The van der Waals surface area contributed by atoms with Crippen molar-refractivity contribution >= 4 is 36.0 Å². The zero-order valence-electron chi connectivity index (χ0n) is 49.6. The largest absolute Gasteiger partial charge is 0.443 e. The van der Waals surface area contributed by atoms with E-state index in [-0.39, 0.29) is 77.3 Å². The van der Waals surface area contributed by atoms with E-state index in [1.807, 2.05) is 131 Å². The van der Waals surface area contributed by atoms with Crippen molar-refractivity contribution in [2.45, 2.75) is 165 Å². The van der Waals surface area contributed by atoms with Gasteiger partial charge in [0.1, 0.15) is 16.8 Å². The van der Waals surface area contributed by atoms with E-state index in [1.165, 1.54) is 20.3 Å². The third-order valence-corrected chi connectivity index (χ3v) is 14.5. The number of likely N-dealkylation sites (tertiary alicyclic amines) is 3. The molecule has 462 valence electrons. The van der Waals surface area contributed by atoms with Gasteiger partial charge in [0.05, 0.1) is 25.0 Å². The molecule has 0 aliphatic carbocycles. The van der Waals surface area contributed by atoms with Crippen LogP contribution in [-0.4, -0.2) is 109 Å². The minimum atomic E-state index is -0.684. The Hall–Kier alpha value is -7.94. The van der Waals surface area contributed by atoms with E-state index < -0.39 is 46.9 Å². The van der Waals surface area contributed by atoms with Crippen molar-refractivity contribution in [1.82, 2.24) is 14.7 Å². The molecule has 3 fully saturated rings. The zero-order chi connectivity index (χ0) is 60.2. The van der Waals surface area contributed by atoms with Crippen LogP contribution in [-0.2, 0) is 47.9 Å². The van der Waals surface area contributed by atoms with Crippen LogP contribution in [0.15, 0.2) is 164 Å². The fraction of sp³-hybridized carbons (Fsp3) is 0.417. The van der Waals surface area contributed by atoms with Gasteiger partial charge in [-0.3, -0.25) is 14.4 Å². The molecule has 86 heavy (non-hydrogen) atoms. The van der Waals surface area contributed by atoms with Crippen molar-refractivity contribution in [2.24, 2.45) is 17.8 Å². The molecule has 3 heterocycles. The van der Waals surface area contributed by atoms with Gasteiger partial charge in [0.2, 0.25) is 17.7 Å².